The molecular formula is C13H23KO4. The van der Waals surface area contributed by atoms with Crippen molar-refractivity contribution in [3.63, 3.8) is 0 Å². The Labute approximate surface area is 143 Å². The van der Waals surface area contributed by atoms with Gasteiger partial charge in [-0.1, -0.05) is 0 Å². The zero-order chi connectivity index (χ0) is 13.8. The first kappa shape index (κ1) is 18.6. The van der Waals surface area contributed by atoms with Gasteiger partial charge in [-0.2, -0.15) is 0 Å². The predicted octanol–water partition coefficient (Wildman–Crippen LogP) is 3.01. The van der Waals surface area contributed by atoms with Crippen LogP contribution in [0.15, 0.2) is 0 Å². The molecule has 0 aliphatic rings. The van der Waals surface area contributed by atoms with E-state index in [9.17, 15) is 9.59 Å². The molecule has 5 heteroatoms. The number of carbonyl (C=O) groups is 2. The molecule has 4 nitrogen and oxygen atoms in total. The summed E-state index contributed by atoms with van der Waals surface area (Å²) in [7, 11) is 0. The minimum atomic E-state index is -0.701. The van der Waals surface area contributed by atoms with E-state index in [4.69, 9.17) is 10.2 Å². The fraction of sp³-hybridized carbons (Fsp3) is 0.846. The van der Waals surface area contributed by atoms with Gasteiger partial charge in [0.2, 0.25) is 0 Å². The van der Waals surface area contributed by atoms with Crippen LogP contribution in [0.25, 0.3) is 0 Å². The Hall–Kier alpha value is 0.576. The van der Waals surface area contributed by atoms with Crippen molar-refractivity contribution < 1.29 is 19.8 Å². The minimum absolute atomic E-state index is 0.291. The van der Waals surface area contributed by atoms with E-state index in [-0.39, 0.29) is 0 Å². The molecule has 0 aliphatic carbocycles. The Balaban J connectivity index is 3.16. The molecule has 0 amide bonds. The number of aliphatic carboxylic acids is 2. The van der Waals surface area contributed by atoms with Gasteiger partial charge in [0.15, 0.2) is 0 Å². The molecule has 0 saturated carbocycles. The van der Waals surface area contributed by atoms with Crippen LogP contribution < -0.4 is 0 Å². The normalized spacial score (nSPS) is 12.3. The van der Waals surface area contributed by atoms with E-state index in [0.717, 1.165) is 32.1 Å². The van der Waals surface area contributed by atoms with Crippen molar-refractivity contribution in [3.8, 4) is 0 Å². The van der Waals surface area contributed by atoms with Gasteiger partial charge in [-0.15, -0.1) is 0 Å². The summed E-state index contributed by atoms with van der Waals surface area (Å²) in [5.74, 6) is -1.36. The molecule has 100 valence electrons. The van der Waals surface area contributed by atoms with Gasteiger partial charge in [-0.05, 0) is 0 Å². The molecule has 2 N–H and O–H groups in total. The van der Waals surface area contributed by atoms with Crippen LogP contribution in [0.4, 0.5) is 0 Å². The summed E-state index contributed by atoms with van der Waals surface area (Å²) in [6.45, 7) is 0. The van der Waals surface area contributed by atoms with Crippen molar-refractivity contribution in [2.24, 2.45) is 0 Å². The molecule has 1 atom stereocenters. The third-order valence-corrected chi connectivity index (χ3v) is 4.65. The Bertz CT molecular complexity index is 243. The Morgan fingerprint density at radius 3 is 1.83 bits per heavy atom. The molecule has 0 aliphatic heterocycles. The van der Waals surface area contributed by atoms with Crippen molar-refractivity contribution in [3.05, 3.63) is 0 Å². The van der Waals surface area contributed by atoms with Crippen LogP contribution >= 0.6 is 0 Å². The van der Waals surface area contributed by atoms with Gasteiger partial charge in [0, 0.05) is 0 Å². The quantitative estimate of drug-likeness (QED) is 0.426. The molecule has 18 heavy (non-hydrogen) atoms. The summed E-state index contributed by atoms with van der Waals surface area (Å²) in [4.78, 5) is 20.8. The van der Waals surface area contributed by atoms with Gasteiger partial charge in [-0.25, -0.2) is 0 Å². The first-order chi connectivity index (χ1) is 8.52. The first-order valence-electron chi connectivity index (χ1n) is 6.96. The SMILES string of the molecule is O=C(O)CCCCCCCCC[CH]([K])CC(=O)O. The van der Waals surface area contributed by atoms with E-state index in [0.29, 0.717) is 61.8 Å². The van der Waals surface area contributed by atoms with E-state index < -0.39 is 11.9 Å². The maximum atomic E-state index is 10.5. The van der Waals surface area contributed by atoms with Gasteiger partial charge >= 0.3 is 145 Å². The Kier molecular flexibility index (Phi) is 13.0. The van der Waals surface area contributed by atoms with Crippen molar-refractivity contribution >= 4 is 60.9 Å². The third-order valence-electron chi connectivity index (χ3n) is 3.11. The van der Waals surface area contributed by atoms with Crippen molar-refractivity contribution in [1.82, 2.24) is 0 Å². The summed E-state index contributed by atoms with van der Waals surface area (Å²) < 4.78 is 0.463. The average Bonchev–Trinajstić information content (AvgIpc) is 2.25. The molecule has 0 aromatic rings. The zero-order valence-electron chi connectivity index (χ0n) is 11.4. The summed E-state index contributed by atoms with van der Waals surface area (Å²) >= 11 is 0.613. The topological polar surface area (TPSA) is 74.6 Å². The van der Waals surface area contributed by atoms with Crippen LogP contribution in [0.5, 0.6) is 0 Å². The molecule has 0 aromatic heterocycles. The van der Waals surface area contributed by atoms with Crippen molar-refractivity contribution in [2.45, 2.75) is 64.2 Å². The van der Waals surface area contributed by atoms with Crippen LogP contribution in [-0.2, 0) is 9.59 Å². The fourth-order valence-corrected chi connectivity index (χ4v) is 3.24. The molecule has 0 heterocycles. The number of hydrogen-bond donors (Lipinski definition) is 2. The molecular weight excluding hydrogens is 259 g/mol. The van der Waals surface area contributed by atoms with E-state index >= 15 is 0 Å². The van der Waals surface area contributed by atoms with Crippen LogP contribution in [-0.4, -0.2) is 71.1 Å². The molecule has 1 unspecified atom stereocenters. The molecule has 0 fully saturated rings. The number of unbranched alkanes of at least 4 members (excludes halogenated alkanes) is 6. The number of hydrogen-bond acceptors (Lipinski definition) is 2. The van der Waals surface area contributed by atoms with Crippen LogP contribution in [0.2, 0.25) is 0.0125 Å². The molecule has 0 radical (unpaired) electrons. The van der Waals surface area contributed by atoms with Gasteiger partial charge in [0.25, 0.3) is 0 Å². The van der Waals surface area contributed by atoms with Crippen LogP contribution in [0, 0.1) is 0 Å². The number of carboxylic acid groups (broad SMARTS) is 2. The number of carboxylic acids is 2. The second kappa shape index (κ2) is 12.6. The molecule has 0 saturated heterocycles. The van der Waals surface area contributed by atoms with Crippen LogP contribution in [0.1, 0.15) is 64.2 Å². The van der Waals surface area contributed by atoms with E-state index in [1.54, 1.807) is 0 Å². The monoisotopic (exact) mass is 282 g/mol. The second-order valence-corrected chi connectivity index (χ2v) is 7.66. The Morgan fingerprint density at radius 2 is 1.33 bits per heavy atom. The maximum absolute atomic E-state index is 10.5. The zero-order valence-corrected chi connectivity index (χ0v) is 14.5. The first-order valence-corrected chi connectivity index (χ1v) is 8.76. The van der Waals surface area contributed by atoms with Gasteiger partial charge < -0.3 is 0 Å². The molecule has 0 aromatic carbocycles. The fourth-order valence-electron chi connectivity index (χ4n) is 2.05. The van der Waals surface area contributed by atoms with Gasteiger partial charge in [0.05, 0.1) is 0 Å². The van der Waals surface area contributed by atoms with Crippen molar-refractivity contribution in [2.75, 3.05) is 0 Å². The van der Waals surface area contributed by atoms with Crippen LogP contribution in [0.3, 0.4) is 0 Å². The predicted molar refractivity (Wildman–Crippen MR) is 70.9 cm³/mol. The van der Waals surface area contributed by atoms with Gasteiger partial charge in [0.1, 0.15) is 0 Å². The number of rotatable bonds is 12. The average molecular weight is 282 g/mol. The molecule has 0 spiro atoms. The third kappa shape index (κ3) is 14.6. The Morgan fingerprint density at radius 1 is 0.833 bits per heavy atom. The van der Waals surface area contributed by atoms with E-state index in [1.807, 2.05) is 0 Å². The van der Waals surface area contributed by atoms with E-state index in [2.05, 4.69) is 0 Å². The standard InChI is InChI=1S/C13H23O4.K/c14-12(15)10-8-6-4-2-1-3-5-7-9-11-13(16)17;/h8H,1-7,9-11H2,(H,14,15)(H,16,17);. The summed E-state index contributed by atoms with van der Waals surface area (Å²) in [6, 6.07) is 0. The molecule has 0 bridgehead atoms. The molecule has 0 rings (SSSR count). The summed E-state index contributed by atoms with van der Waals surface area (Å²) in [6.07, 6.45) is 9.35. The van der Waals surface area contributed by atoms with E-state index in [1.165, 1.54) is 19.3 Å². The second-order valence-electron chi connectivity index (χ2n) is 5.11. The van der Waals surface area contributed by atoms with Gasteiger partial charge in [-0.3, -0.25) is 0 Å². The summed E-state index contributed by atoms with van der Waals surface area (Å²) in [5, 5.41) is 17.1. The van der Waals surface area contributed by atoms with Crippen molar-refractivity contribution in [1.29, 1.82) is 0 Å². The summed E-state index contributed by atoms with van der Waals surface area (Å²) in [5.41, 5.74) is 0.